The maximum absolute atomic E-state index is 13.7. The average molecular weight is 785 g/mol. The van der Waals surface area contributed by atoms with Gasteiger partial charge in [-0.25, -0.2) is 19.6 Å². The summed E-state index contributed by atoms with van der Waals surface area (Å²) in [6.07, 6.45) is 2.36. The first-order valence-corrected chi connectivity index (χ1v) is 19.2. The van der Waals surface area contributed by atoms with Gasteiger partial charge in [-0.1, -0.05) is 48.5 Å². The van der Waals surface area contributed by atoms with Crippen LogP contribution in [0.4, 0.5) is 9.59 Å². The topological polar surface area (TPSA) is 193 Å². The molecular formula is C41H52N8O8. The van der Waals surface area contributed by atoms with Crippen molar-refractivity contribution in [3.8, 4) is 33.6 Å². The largest absolute Gasteiger partial charge is 0.453 e. The number of benzene rings is 2. The van der Waals surface area contributed by atoms with Crippen molar-refractivity contribution >= 4 is 24.0 Å². The maximum Gasteiger partial charge on any atom is 0.407 e. The van der Waals surface area contributed by atoms with Crippen LogP contribution in [0, 0.1) is 6.92 Å². The van der Waals surface area contributed by atoms with Crippen LogP contribution < -0.4 is 10.6 Å². The Morgan fingerprint density at radius 3 is 1.61 bits per heavy atom. The number of hydrogen-bond donors (Lipinski definition) is 4. The molecule has 0 radical (unpaired) electrons. The van der Waals surface area contributed by atoms with Crippen LogP contribution in [0.15, 0.2) is 54.7 Å². The van der Waals surface area contributed by atoms with Crippen molar-refractivity contribution in [3.05, 3.63) is 72.1 Å². The highest BCUT2D eigenvalue weighted by Crippen LogP contribution is 2.36. The SMILES string of the molecule is COC(=O)N[C@H](C(=O)N1CCC[C@H]1c1ncc(-c2ccc(-c3ccc(-c4nc([C@@H]5CCCN5C(=O)[C@@H](NC(=O)OC)[C@@H](C)OC)[nH]c4C)cc3)cc2)[nH]1)[C@H](C)OC. The molecule has 16 heteroatoms. The van der Waals surface area contributed by atoms with Gasteiger partial charge in [0.05, 0.1) is 56.1 Å². The fraction of sp³-hybridized carbons (Fsp3) is 0.463. The smallest absolute Gasteiger partial charge is 0.407 e. The van der Waals surface area contributed by atoms with E-state index in [-0.39, 0.29) is 23.9 Å². The van der Waals surface area contributed by atoms with Crippen molar-refractivity contribution in [1.29, 1.82) is 0 Å². The van der Waals surface area contributed by atoms with Crippen LogP contribution in [-0.4, -0.2) is 120 Å². The molecule has 304 valence electrons. The fourth-order valence-corrected chi connectivity index (χ4v) is 7.63. The second-order valence-electron chi connectivity index (χ2n) is 14.4. The lowest BCUT2D eigenvalue weighted by molar-refractivity contribution is -0.138. The first kappa shape index (κ1) is 40.9. The van der Waals surface area contributed by atoms with Crippen molar-refractivity contribution in [2.45, 2.75) is 82.8 Å². The normalized spacial score (nSPS) is 18.8. The molecule has 0 unspecified atom stereocenters. The van der Waals surface area contributed by atoms with E-state index in [1.807, 2.05) is 31.2 Å². The zero-order valence-corrected chi connectivity index (χ0v) is 33.5. The lowest BCUT2D eigenvalue weighted by Crippen LogP contribution is -2.54. The summed E-state index contributed by atoms with van der Waals surface area (Å²) in [6, 6.07) is 14.0. The third-order valence-corrected chi connectivity index (χ3v) is 11.0. The van der Waals surface area contributed by atoms with Crippen LogP contribution in [0.1, 0.15) is 69.0 Å². The Bertz CT molecular complexity index is 2030. The highest BCUT2D eigenvalue weighted by Gasteiger charge is 2.40. The van der Waals surface area contributed by atoms with E-state index in [2.05, 4.69) is 49.9 Å². The highest BCUT2D eigenvalue weighted by molar-refractivity contribution is 5.87. The molecule has 0 aliphatic carbocycles. The van der Waals surface area contributed by atoms with Gasteiger partial charge < -0.3 is 49.3 Å². The van der Waals surface area contributed by atoms with Gasteiger partial charge in [-0.3, -0.25) is 9.59 Å². The Kier molecular flexibility index (Phi) is 12.9. The lowest BCUT2D eigenvalue weighted by Gasteiger charge is -2.30. The number of hydrogen-bond acceptors (Lipinski definition) is 10. The van der Waals surface area contributed by atoms with Crippen molar-refractivity contribution in [2.75, 3.05) is 41.5 Å². The predicted molar refractivity (Wildman–Crippen MR) is 211 cm³/mol. The Hall–Kier alpha value is -5.74. The molecule has 16 nitrogen and oxygen atoms in total. The Balaban J connectivity index is 1.13. The van der Waals surface area contributed by atoms with Crippen LogP contribution >= 0.6 is 0 Å². The third-order valence-electron chi connectivity index (χ3n) is 11.0. The van der Waals surface area contributed by atoms with E-state index in [0.29, 0.717) is 24.7 Å². The molecule has 0 saturated carbocycles. The maximum atomic E-state index is 13.7. The molecule has 2 aliphatic rings. The molecule has 4 heterocycles. The molecule has 6 atom stereocenters. The molecule has 57 heavy (non-hydrogen) atoms. The van der Waals surface area contributed by atoms with Gasteiger partial charge in [0.25, 0.3) is 0 Å². The summed E-state index contributed by atoms with van der Waals surface area (Å²) in [5.41, 5.74) is 6.49. The Morgan fingerprint density at radius 2 is 1.14 bits per heavy atom. The minimum atomic E-state index is -0.903. The number of methoxy groups -OCH3 is 4. The van der Waals surface area contributed by atoms with Gasteiger partial charge in [0, 0.05) is 38.6 Å². The molecule has 4 aromatic rings. The molecule has 2 aliphatic heterocycles. The molecule has 2 aromatic carbocycles. The van der Waals surface area contributed by atoms with Gasteiger partial charge in [0.2, 0.25) is 11.8 Å². The van der Waals surface area contributed by atoms with E-state index in [1.165, 1.54) is 28.4 Å². The molecule has 0 spiro atoms. The second kappa shape index (κ2) is 18.0. The second-order valence-corrected chi connectivity index (χ2v) is 14.4. The molecule has 2 fully saturated rings. The van der Waals surface area contributed by atoms with Crippen LogP contribution in [0.3, 0.4) is 0 Å². The number of H-pyrrole nitrogens is 2. The predicted octanol–water partition coefficient (Wildman–Crippen LogP) is 5.29. The van der Waals surface area contributed by atoms with Crippen molar-refractivity contribution in [3.63, 3.8) is 0 Å². The van der Waals surface area contributed by atoms with Crippen LogP contribution in [0.2, 0.25) is 0 Å². The summed E-state index contributed by atoms with van der Waals surface area (Å²) in [4.78, 5) is 71.3. The molecular weight excluding hydrogens is 732 g/mol. The van der Waals surface area contributed by atoms with Crippen molar-refractivity contribution in [1.82, 2.24) is 40.4 Å². The van der Waals surface area contributed by atoms with E-state index in [4.69, 9.17) is 23.9 Å². The number of aryl methyl sites for hydroxylation is 1. The number of imidazole rings is 2. The molecule has 6 rings (SSSR count). The number of ether oxygens (including phenoxy) is 4. The number of aromatic nitrogens is 4. The van der Waals surface area contributed by atoms with Gasteiger partial charge in [0.1, 0.15) is 23.7 Å². The Morgan fingerprint density at radius 1 is 0.684 bits per heavy atom. The summed E-state index contributed by atoms with van der Waals surface area (Å²) >= 11 is 0. The monoisotopic (exact) mass is 784 g/mol. The number of carbonyl (C=O) groups is 4. The minimum Gasteiger partial charge on any atom is -0.453 e. The first-order chi connectivity index (χ1) is 27.5. The van der Waals surface area contributed by atoms with E-state index in [9.17, 15) is 19.2 Å². The summed E-state index contributed by atoms with van der Waals surface area (Å²) in [7, 11) is 5.51. The van der Waals surface area contributed by atoms with Gasteiger partial charge in [-0.05, 0) is 63.1 Å². The third kappa shape index (κ3) is 8.81. The van der Waals surface area contributed by atoms with E-state index in [1.54, 1.807) is 29.8 Å². The number of amides is 4. The average Bonchev–Trinajstić information content (AvgIpc) is 4.08. The molecule has 2 aromatic heterocycles. The van der Waals surface area contributed by atoms with E-state index < -0.39 is 36.5 Å². The van der Waals surface area contributed by atoms with E-state index >= 15 is 0 Å². The van der Waals surface area contributed by atoms with Crippen molar-refractivity contribution in [2.24, 2.45) is 0 Å². The molecule has 4 amide bonds. The quantitative estimate of drug-likeness (QED) is 0.139. The number of nitrogens with one attached hydrogen (secondary N) is 4. The van der Waals surface area contributed by atoms with Gasteiger partial charge >= 0.3 is 12.2 Å². The molecule has 4 N–H and O–H groups in total. The number of alkyl carbamates (subject to hydrolysis) is 2. The highest BCUT2D eigenvalue weighted by atomic mass is 16.5. The summed E-state index contributed by atoms with van der Waals surface area (Å²) in [5, 5.41) is 5.25. The zero-order valence-electron chi connectivity index (χ0n) is 33.5. The standard InChI is InChI=1S/C41H52N8O8/c1-23-33(45-37(43-23)32-11-9-21-49(32)39(51)35(25(3)55-5)47-41(53)57-7)29-18-14-27(15-19-29)26-12-16-28(17-13-26)30-22-42-36(44-30)31-10-8-20-48(31)38(50)34(24(2)54-4)46-40(52)56-6/h12-19,22,24-25,31-32,34-35H,8-11,20-21H2,1-7H3,(H,42,44)(H,43,45)(H,46,52)(H,47,53)/t24-,25+,31-,32-,34-,35-/m0/s1. The summed E-state index contributed by atoms with van der Waals surface area (Å²) < 4.78 is 20.3. The van der Waals surface area contributed by atoms with Crippen LogP contribution in [0.5, 0.6) is 0 Å². The van der Waals surface area contributed by atoms with E-state index in [0.717, 1.165) is 65.0 Å². The lowest BCUT2D eigenvalue weighted by atomic mass is 10.0. The first-order valence-electron chi connectivity index (χ1n) is 19.2. The fourth-order valence-electron chi connectivity index (χ4n) is 7.63. The number of likely N-dealkylation sites (tertiary alicyclic amines) is 2. The van der Waals surface area contributed by atoms with Crippen LogP contribution in [-0.2, 0) is 28.5 Å². The number of rotatable bonds is 13. The molecule has 2 saturated heterocycles. The van der Waals surface area contributed by atoms with Crippen molar-refractivity contribution < 1.29 is 38.1 Å². The number of aromatic amines is 2. The van der Waals surface area contributed by atoms with Gasteiger partial charge in [0.15, 0.2) is 0 Å². The van der Waals surface area contributed by atoms with Crippen LogP contribution in [0.25, 0.3) is 33.6 Å². The zero-order chi connectivity index (χ0) is 40.8. The van der Waals surface area contributed by atoms with Gasteiger partial charge in [-0.15, -0.1) is 0 Å². The summed E-state index contributed by atoms with van der Waals surface area (Å²) in [6.45, 7) is 6.51. The Labute approximate surface area is 332 Å². The number of nitrogens with zero attached hydrogens (tertiary/aromatic N) is 4. The number of carbonyl (C=O) groups excluding carboxylic acids is 4. The molecule has 0 bridgehead atoms. The minimum absolute atomic E-state index is 0.249. The summed E-state index contributed by atoms with van der Waals surface area (Å²) in [5.74, 6) is 0.880. The van der Waals surface area contributed by atoms with Gasteiger partial charge in [-0.2, -0.15) is 0 Å².